The number of hydrogen-bond donors (Lipinski definition) is 0. The molecule has 0 N–H and O–H groups in total. The Morgan fingerprint density at radius 3 is 2.52 bits per heavy atom. The molecule has 4 aromatic rings. The van der Waals surface area contributed by atoms with Crippen LogP contribution in [0.4, 0.5) is 0 Å². The van der Waals surface area contributed by atoms with Crippen molar-refractivity contribution in [2.75, 3.05) is 0 Å². The van der Waals surface area contributed by atoms with E-state index in [0.717, 1.165) is 27.9 Å². The van der Waals surface area contributed by atoms with Gasteiger partial charge in [0.15, 0.2) is 0 Å². The Hall–Kier alpha value is -3.07. The van der Waals surface area contributed by atoms with Crippen LogP contribution < -0.4 is 0 Å². The van der Waals surface area contributed by atoms with Gasteiger partial charge in [0.25, 0.3) is 0 Å². The second-order valence-electron chi connectivity index (χ2n) is 5.56. The highest BCUT2D eigenvalue weighted by Crippen LogP contribution is 2.30. The molecule has 0 bridgehead atoms. The Bertz CT molecular complexity index is 973. The van der Waals surface area contributed by atoms with Crippen molar-refractivity contribution in [2.24, 2.45) is 0 Å². The molecular formula is C20H15N3. The van der Waals surface area contributed by atoms with Gasteiger partial charge in [0.1, 0.15) is 0 Å². The number of fused-ring (bicyclic) bond motifs is 1. The van der Waals surface area contributed by atoms with Crippen LogP contribution >= 0.6 is 0 Å². The van der Waals surface area contributed by atoms with Gasteiger partial charge in [0, 0.05) is 35.1 Å². The molecule has 23 heavy (non-hydrogen) atoms. The Morgan fingerprint density at radius 1 is 0.783 bits per heavy atom. The van der Waals surface area contributed by atoms with Gasteiger partial charge in [0.05, 0.1) is 17.6 Å². The highest BCUT2D eigenvalue weighted by atomic mass is 14.8. The summed E-state index contributed by atoms with van der Waals surface area (Å²) < 4.78 is 0. The minimum absolute atomic E-state index is 0.873. The largest absolute Gasteiger partial charge is 0.261 e. The van der Waals surface area contributed by atoms with Crippen LogP contribution in [-0.2, 0) is 0 Å². The van der Waals surface area contributed by atoms with Gasteiger partial charge >= 0.3 is 0 Å². The number of benzene rings is 2. The van der Waals surface area contributed by atoms with Gasteiger partial charge in [-0.1, -0.05) is 24.3 Å². The minimum atomic E-state index is 0.873. The lowest BCUT2D eigenvalue weighted by molar-refractivity contribution is 1.20. The first-order valence-electron chi connectivity index (χ1n) is 7.53. The van der Waals surface area contributed by atoms with Crippen LogP contribution in [0.3, 0.4) is 0 Å². The average Bonchev–Trinajstić information content (AvgIpc) is 2.61. The minimum Gasteiger partial charge on any atom is -0.261 e. The molecule has 0 amide bonds. The first-order chi connectivity index (χ1) is 11.3. The summed E-state index contributed by atoms with van der Waals surface area (Å²) in [6.07, 6.45) is 7.05. The second kappa shape index (κ2) is 5.61. The van der Waals surface area contributed by atoms with Crippen molar-refractivity contribution < 1.29 is 0 Å². The topological polar surface area (TPSA) is 38.7 Å². The van der Waals surface area contributed by atoms with Crippen molar-refractivity contribution in [3.63, 3.8) is 0 Å². The second-order valence-corrected chi connectivity index (χ2v) is 5.56. The monoisotopic (exact) mass is 297 g/mol. The fourth-order valence-electron chi connectivity index (χ4n) is 2.87. The molecule has 0 atom stereocenters. The van der Waals surface area contributed by atoms with Gasteiger partial charge in [-0.25, -0.2) is 0 Å². The average molecular weight is 297 g/mol. The fourth-order valence-corrected chi connectivity index (χ4v) is 2.87. The summed E-state index contributed by atoms with van der Waals surface area (Å²) in [6, 6.07) is 16.8. The lowest BCUT2D eigenvalue weighted by Crippen LogP contribution is -1.90. The van der Waals surface area contributed by atoms with E-state index in [1.165, 1.54) is 10.9 Å². The van der Waals surface area contributed by atoms with E-state index in [-0.39, 0.29) is 0 Å². The smallest absolute Gasteiger partial charge is 0.0885 e. The van der Waals surface area contributed by atoms with Crippen LogP contribution in [0, 0.1) is 6.92 Å². The van der Waals surface area contributed by atoms with Gasteiger partial charge < -0.3 is 0 Å². The molecule has 0 saturated heterocycles. The summed E-state index contributed by atoms with van der Waals surface area (Å²) in [4.78, 5) is 13.2. The van der Waals surface area contributed by atoms with E-state index in [1.807, 2.05) is 24.4 Å². The Balaban J connectivity index is 1.94. The highest BCUT2D eigenvalue weighted by molar-refractivity contribution is 5.95. The van der Waals surface area contributed by atoms with Crippen molar-refractivity contribution >= 4 is 10.8 Å². The van der Waals surface area contributed by atoms with Crippen LogP contribution in [0.1, 0.15) is 5.56 Å². The SMILES string of the molecule is Cc1cc(-c2cnccn2)cc(-c2nccc3ccccc23)c1. The zero-order valence-corrected chi connectivity index (χ0v) is 12.8. The number of aromatic nitrogens is 3. The molecule has 0 aliphatic heterocycles. The molecule has 0 radical (unpaired) electrons. The van der Waals surface area contributed by atoms with E-state index in [2.05, 4.69) is 52.2 Å². The molecule has 0 aliphatic rings. The van der Waals surface area contributed by atoms with E-state index in [9.17, 15) is 0 Å². The molecule has 110 valence electrons. The Labute approximate surface area is 134 Å². The van der Waals surface area contributed by atoms with Gasteiger partial charge in [-0.3, -0.25) is 15.0 Å². The van der Waals surface area contributed by atoms with Crippen LogP contribution in [0.15, 0.2) is 73.3 Å². The van der Waals surface area contributed by atoms with Gasteiger partial charge in [-0.15, -0.1) is 0 Å². The number of pyridine rings is 1. The number of nitrogens with zero attached hydrogens (tertiary/aromatic N) is 3. The summed E-state index contributed by atoms with van der Waals surface area (Å²) in [5, 5.41) is 2.35. The number of rotatable bonds is 2. The first-order valence-corrected chi connectivity index (χ1v) is 7.53. The van der Waals surface area contributed by atoms with E-state index >= 15 is 0 Å². The third kappa shape index (κ3) is 2.57. The third-order valence-corrected chi connectivity index (χ3v) is 3.88. The van der Waals surface area contributed by atoms with Crippen molar-refractivity contribution in [1.82, 2.24) is 15.0 Å². The fraction of sp³-hybridized carbons (Fsp3) is 0.0500. The maximum atomic E-state index is 4.62. The van der Waals surface area contributed by atoms with Crippen molar-refractivity contribution in [3.8, 4) is 22.5 Å². The molecule has 2 aromatic carbocycles. The Morgan fingerprint density at radius 2 is 1.65 bits per heavy atom. The lowest BCUT2D eigenvalue weighted by Gasteiger charge is -2.09. The summed E-state index contributed by atoms with van der Waals surface area (Å²) in [7, 11) is 0. The van der Waals surface area contributed by atoms with Crippen LogP contribution in [0.2, 0.25) is 0 Å². The Kier molecular flexibility index (Phi) is 3.31. The molecule has 4 rings (SSSR count). The van der Waals surface area contributed by atoms with Crippen molar-refractivity contribution in [1.29, 1.82) is 0 Å². The molecule has 0 spiro atoms. The van der Waals surface area contributed by atoms with Gasteiger partial charge in [0.2, 0.25) is 0 Å². The number of aryl methyl sites for hydroxylation is 1. The lowest BCUT2D eigenvalue weighted by atomic mass is 9.99. The number of hydrogen-bond acceptors (Lipinski definition) is 3. The molecule has 3 nitrogen and oxygen atoms in total. The first kappa shape index (κ1) is 13.6. The molecule has 0 fully saturated rings. The highest BCUT2D eigenvalue weighted by Gasteiger charge is 2.08. The molecule has 0 unspecified atom stereocenters. The van der Waals surface area contributed by atoms with E-state index in [0.29, 0.717) is 0 Å². The van der Waals surface area contributed by atoms with Crippen molar-refractivity contribution in [2.45, 2.75) is 6.92 Å². The molecule has 0 saturated carbocycles. The molecule has 0 aliphatic carbocycles. The van der Waals surface area contributed by atoms with Crippen molar-refractivity contribution in [3.05, 3.63) is 78.9 Å². The summed E-state index contributed by atoms with van der Waals surface area (Å²) in [5.41, 5.74) is 5.21. The summed E-state index contributed by atoms with van der Waals surface area (Å²) in [5.74, 6) is 0. The molecule has 2 aromatic heterocycles. The van der Waals surface area contributed by atoms with Crippen LogP contribution in [0.25, 0.3) is 33.3 Å². The molecular weight excluding hydrogens is 282 g/mol. The maximum absolute atomic E-state index is 4.62. The standard InChI is InChI=1S/C20H15N3/c1-14-10-16(19-13-21-8-9-22-19)12-17(11-14)20-18-5-3-2-4-15(18)6-7-23-20/h2-13H,1H3. The predicted molar refractivity (Wildman–Crippen MR) is 92.9 cm³/mol. The maximum Gasteiger partial charge on any atom is 0.0885 e. The van der Waals surface area contributed by atoms with Crippen LogP contribution in [-0.4, -0.2) is 15.0 Å². The normalized spacial score (nSPS) is 10.8. The predicted octanol–water partition coefficient (Wildman–Crippen LogP) is 4.67. The van der Waals surface area contributed by atoms with Gasteiger partial charge in [-0.2, -0.15) is 0 Å². The van der Waals surface area contributed by atoms with Crippen LogP contribution in [0.5, 0.6) is 0 Å². The third-order valence-electron chi connectivity index (χ3n) is 3.88. The molecule has 3 heteroatoms. The zero-order chi connectivity index (χ0) is 15.6. The quantitative estimate of drug-likeness (QED) is 0.540. The zero-order valence-electron chi connectivity index (χ0n) is 12.8. The summed E-state index contributed by atoms with van der Waals surface area (Å²) in [6.45, 7) is 2.09. The molecule has 2 heterocycles. The van der Waals surface area contributed by atoms with E-state index in [4.69, 9.17) is 0 Å². The summed E-state index contributed by atoms with van der Waals surface area (Å²) >= 11 is 0. The van der Waals surface area contributed by atoms with Gasteiger partial charge in [-0.05, 0) is 42.1 Å². The van der Waals surface area contributed by atoms with E-state index < -0.39 is 0 Å². The van der Waals surface area contributed by atoms with E-state index in [1.54, 1.807) is 18.6 Å².